The van der Waals surface area contributed by atoms with Crippen molar-refractivity contribution >= 4 is 10.0 Å². The molecule has 2 N–H and O–H groups in total. The Kier molecular flexibility index (Phi) is 7.95. The number of hydrogen-bond acceptors (Lipinski definition) is 3. The average Bonchev–Trinajstić information content (AvgIpc) is 2.37. The van der Waals surface area contributed by atoms with Crippen LogP contribution in [0.3, 0.4) is 0 Å². The Morgan fingerprint density at radius 1 is 1.05 bits per heavy atom. The van der Waals surface area contributed by atoms with Gasteiger partial charge in [0.15, 0.2) is 0 Å². The minimum Gasteiger partial charge on any atom is -0.316 e. The van der Waals surface area contributed by atoms with Crippen molar-refractivity contribution in [1.29, 1.82) is 0 Å². The molecule has 5 heteroatoms. The van der Waals surface area contributed by atoms with Crippen molar-refractivity contribution in [1.82, 2.24) is 10.0 Å². The molecule has 0 radical (unpaired) electrons. The molecule has 0 amide bonds. The van der Waals surface area contributed by atoms with Crippen molar-refractivity contribution < 1.29 is 8.42 Å². The fraction of sp³-hybridized carbons (Fsp3) is 1.00. The van der Waals surface area contributed by atoms with Crippen LogP contribution in [0, 0.1) is 11.8 Å². The summed E-state index contributed by atoms with van der Waals surface area (Å²) in [6.45, 7) is 6.42. The van der Waals surface area contributed by atoms with E-state index < -0.39 is 10.0 Å². The molecule has 0 aliphatic heterocycles. The third-order valence-electron chi connectivity index (χ3n) is 3.98. The molecule has 0 aromatic carbocycles. The van der Waals surface area contributed by atoms with E-state index in [-0.39, 0.29) is 5.75 Å². The summed E-state index contributed by atoms with van der Waals surface area (Å²) in [7, 11) is -3.09. The van der Waals surface area contributed by atoms with Crippen LogP contribution in [0.25, 0.3) is 0 Å². The van der Waals surface area contributed by atoms with Crippen molar-refractivity contribution in [2.75, 3.05) is 25.4 Å². The van der Waals surface area contributed by atoms with E-state index in [2.05, 4.69) is 23.9 Å². The van der Waals surface area contributed by atoms with Gasteiger partial charge in [0.25, 0.3) is 0 Å². The molecular formula is C14H30N2O2S. The topological polar surface area (TPSA) is 58.2 Å². The first-order valence-corrected chi connectivity index (χ1v) is 9.36. The van der Waals surface area contributed by atoms with E-state index in [1.54, 1.807) is 0 Å². The zero-order chi connectivity index (χ0) is 14.1. The van der Waals surface area contributed by atoms with Gasteiger partial charge in [-0.25, -0.2) is 13.1 Å². The zero-order valence-electron chi connectivity index (χ0n) is 12.5. The quantitative estimate of drug-likeness (QED) is 0.640. The molecule has 4 nitrogen and oxygen atoms in total. The van der Waals surface area contributed by atoms with Gasteiger partial charge in [-0.05, 0) is 31.2 Å². The van der Waals surface area contributed by atoms with Crippen molar-refractivity contribution in [2.45, 2.75) is 52.4 Å². The average molecular weight is 290 g/mol. The predicted octanol–water partition coefficient (Wildman–Crippen LogP) is 2.12. The molecule has 0 aromatic rings. The first-order valence-electron chi connectivity index (χ1n) is 7.71. The molecule has 0 heterocycles. The van der Waals surface area contributed by atoms with Crippen LogP contribution in [0.15, 0.2) is 0 Å². The van der Waals surface area contributed by atoms with Gasteiger partial charge in [0.1, 0.15) is 0 Å². The minimum absolute atomic E-state index is 0.189. The molecular weight excluding hydrogens is 260 g/mol. The highest BCUT2D eigenvalue weighted by molar-refractivity contribution is 7.89. The Morgan fingerprint density at radius 3 is 2.37 bits per heavy atom. The maximum absolute atomic E-state index is 11.7. The molecule has 1 aliphatic rings. The Labute approximate surface area is 118 Å². The van der Waals surface area contributed by atoms with Gasteiger partial charge in [0, 0.05) is 13.1 Å². The van der Waals surface area contributed by atoms with Gasteiger partial charge in [0.05, 0.1) is 5.75 Å². The highest BCUT2D eigenvalue weighted by atomic mass is 32.2. The van der Waals surface area contributed by atoms with Crippen LogP contribution < -0.4 is 10.0 Å². The lowest BCUT2D eigenvalue weighted by Crippen LogP contribution is -2.33. The third kappa shape index (κ3) is 7.90. The van der Waals surface area contributed by atoms with Gasteiger partial charge in [-0.3, -0.25) is 0 Å². The SMILES string of the molecule is CCCNCCS(=O)(=O)NCCC1CCC(C)CC1. The predicted molar refractivity (Wildman–Crippen MR) is 80.7 cm³/mol. The third-order valence-corrected chi connectivity index (χ3v) is 5.37. The summed E-state index contributed by atoms with van der Waals surface area (Å²) >= 11 is 0. The number of nitrogens with one attached hydrogen (secondary N) is 2. The summed E-state index contributed by atoms with van der Waals surface area (Å²) in [5.41, 5.74) is 0. The van der Waals surface area contributed by atoms with Crippen molar-refractivity contribution in [3.63, 3.8) is 0 Å². The second-order valence-corrected chi connectivity index (χ2v) is 7.80. The summed E-state index contributed by atoms with van der Waals surface area (Å²) < 4.78 is 26.2. The van der Waals surface area contributed by atoms with Gasteiger partial charge in [0.2, 0.25) is 10.0 Å². The van der Waals surface area contributed by atoms with Crippen LogP contribution >= 0.6 is 0 Å². The van der Waals surface area contributed by atoms with E-state index in [0.29, 0.717) is 13.1 Å². The molecule has 114 valence electrons. The largest absolute Gasteiger partial charge is 0.316 e. The van der Waals surface area contributed by atoms with Crippen LogP contribution in [0.1, 0.15) is 52.4 Å². The Morgan fingerprint density at radius 2 is 1.74 bits per heavy atom. The summed E-state index contributed by atoms with van der Waals surface area (Å²) in [6.07, 6.45) is 7.17. The van der Waals surface area contributed by atoms with Crippen LogP contribution in [0.4, 0.5) is 0 Å². The van der Waals surface area contributed by atoms with E-state index in [1.807, 2.05) is 0 Å². The van der Waals surface area contributed by atoms with Gasteiger partial charge >= 0.3 is 0 Å². The van der Waals surface area contributed by atoms with Crippen LogP contribution in [0.2, 0.25) is 0 Å². The molecule has 0 spiro atoms. The second-order valence-electron chi connectivity index (χ2n) is 5.88. The number of hydrogen-bond donors (Lipinski definition) is 2. The summed E-state index contributed by atoms with van der Waals surface area (Å²) in [5.74, 6) is 1.77. The van der Waals surface area contributed by atoms with Crippen LogP contribution in [-0.2, 0) is 10.0 Å². The van der Waals surface area contributed by atoms with Gasteiger partial charge in [-0.2, -0.15) is 0 Å². The van der Waals surface area contributed by atoms with E-state index >= 15 is 0 Å². The van der Waals surface area contributed by atoms with Gasteiger partial charge < -0.3 is 5.32 Å². The van der Waals surface area contributed by atoms with E-state index in [9.17, 15) is 8.42 Å². The molecule has 1 rings (SSSR count). The van der Waals surface area contributed by atoms with Gasteiger partial charge in [-0.1, -0.05) is 39.5 Å². The lowest BCUT2D eigenvalue weighted by atomic mass is 9.81. The van der Waals surface area contributed by atoms with Crippen LogP contribution in [-0.4, -0.2) is 33.8 Å². The Balaban J connectivity index is 2.10. The Hall–Kier alpha value is -0.130. The van der Waals surface area contributed by atoms with Crippen molar-refractivity contribution in [3.8, 4) is 0 Å². The summed E-state index contributed by atoms with van der Waals surface area (Å²) in [5, 5.41) is 3.12. The first-order chi connectivity index (χ1) is 9.03. The molecule has 19 heavy (non-hydrogen) atoms. The summed E-state index contributed by atoms with van der Waals surface area (Å²) in [6, 6.07) is 0. The van der Waals surface area contributed by atoms with Gasteiger partial charge in [-0.15, -0.1) is 0 Å². The van der Waals surface area contributed by atoms with Crippen molar-refractivity contribution in [2.24, 2.45) is 11.8 Å². The summed E-state index contributed by atoms with van der Waals surface area (Å²) in [4.78, 5) is 0. The lowest BCUT2D eigenvalue weighted by Gasteiger charge is -2.26. The standard InChI is InChI=1S/C14H30N2O2S/c1-3-9-15-11-12-19(17,18)16-10-8-14-6-4-13(2)5-7-14/h13-16H,3-12H2,1-2H3. The zero-order valence-corrected chi connectivity index (χ0v) is 13.3. The van der Waals surface area contributed by atoms with E-state index in [0.717, 1.165) is 31.2 Å². The molecule has 0 atom stereocenters. The maximum Gasteiger partial charge on any atom is 0.212 e. The molecule has 0 unspecified atom stereocenters. The molecule has 0 aromatic heterocycles. The molecule has 0 bridgehead atoms. The highest BCUT2D eigenvalue weighted by Crippen LogP contribution is 2.29. The molecule has 1 saturated carbocycles. The molecule has 1 aliphatic carbocycles. The highest BCUT2D eigenvalue weighted by Gasteiger charge is 2.18. The number of sulfonamides is 1. The Bertz CT molecular complexity index is 322. The smallest absolute Gasteiger partial charge is 0.212 e. The maximum atomic E-state index is 11.7. The fourth-order valence-corrected chi connectivity index (χ4v) is 3.60. The van der Waals surface area contributed by atoms with Crippen molar-refractivity contribution in [3.05, 3.63) is 0 Å². The molecule has 0 saturated heterocycles. The second kappa shape index (κ2) is 8.93. The lowest BCUT2D eigenvalue weighted by molar-refractivity contribution is 0.278. The normalized spacial score (nSPS) is 24.5. The van der Waals surface area contributed by atoms with Crippen LogP contribution in [0.5, 0.6) is 0 Å². The van der Waals surface area contributed by atoms with E-state index in [1.165, 1.54) is 25.7 Å². The van der Waals surface area contributed by atoms with E-state index in [4.69, 9.17) is 0 Å². The first kappa shape index (κ1) is 16.9. The molecule has 1 fully saturated rings. The fourth-order valence-electron chi connectivity index (χ4n) is 2.62. The number of rotatable bonds is 9. The minimum atomic E-state index is -3.09. The monoisotopic (exact) mass is 290 g/mol.